The summed E-state index contributed by atoms with van der Waals surface area (Å²) in [6.07, 6.45) is 14.0. The third-order valence-corrected chi connectivity index (χ3v) is 6.91. The van der Waals surface area contributed by atoms with E-state index in [1.165, 1.54) is 24.0 Å². The van der Waals surface area contributed by atoms with E-state index in [4.69, 9.17) is 0 Å². The lowest BCUT2D eigenvalue weighted by atomic mass is 9.87. The van der Waals surface area contributed by atoms with Crippen molar-refractivity contribution in [2.45, 2.75) is 45.1 Å². The molecule has 0 saturated heterocycles. The van der Waals surface area contributed by atoms with E-state index < -0.39 is 0 Å². The van der Waals surface area contributed by atoms with Crippen LogP contribution < -0.4 is 0 Å². The molecule has 0 atom stereocenters. The summed E-state index contributed by atoms with van der Waals surface area (Å²) in [5.74, 6) is 0.230. The lowest BCUT2D eigenvalue weighted by Gasteiger charge is -2.26. The lowest BCUT2D eigenvalue weighted by molar-refractivity contribution is 0.285. The highest BCUT2D eigenvalue weighted by Crippen LogP contribution is 2.37. The molecule has 0 bridgehead atoms. The first-order valence-corrected chi connectivity index (χ1v) is 12.8. The van der Waals surface area contributed by atoms with Crippen LogP contribution in [0.25, 0.3) is 11.1 Å². The first-order chi connectivity index (χ1) is 17.1. The van der Waals surface area contributed by atoms with E-state index in [2.05, 4.69) is 54.8 Å². The number of aromatic hydroxyl groups is 1. The third kappa shape index (κ3) is 6.50. The number of rotatable bonds is 10. The lowest BCUT2D eigenvalue weighted by Crippen LogP contribution is -2.30. The quantitative estimate of drug-likeness (QED) is 0.294. The highest BCUT2D eigenvalue weighted by molar-refractivity contribution is 5.99. The Morgan fingerprint density at radius 3 is 2.46 bits per heavy atom. The van der Waals surface area contributed by atoms with E-state index in [0.29, 0.717) is 6.42 Å². The third-order valence-electron chi connectivity index (χ3n) is 6.91. The van der Waals surface area contributed by atoms with Gasteiger partial charge in [0.25, 0.3) is 0 Å². The second-order valence-electron chi connectivity index (χ2n) is 9.41. The van der Waals surface area contributed by atoms with Gasteiger partial charge in [0.2, 0.25) is 0 Å². The van der Waals surface area contributed by atoms with Crippen molar-refractivity contribution in [3.05, 3.63) is 113 Å². The molecule has 4 rings (SSSR count). The Balaban J connectivity index is 1.68. The summed E-state index contributed by atoms with van der Waals surface area (Å²) < 4.78 is 0. The van der Waals surface area contributed by atoms with Crippen LogP contribution in [0.4, 0.5) is 0 Å². The van der Waals surface area contributed by atoms with Gasteiger partial charge in [-0.2, -0.15) is 0 Å². The molecule has 2 aromatic rings. The predicted molar refractivity (Wildman–Crippen MR) is 147 cm³/mol. The second kappa shape index (κ2) is 12.0. The van der Waals surface area contributed by atoms with Crippen LogP contribution in [0.15, 0.2) is 102 Å². The summed E-state index contributed by atoms with van der Waals surface area (Å²) in [5, 5.41) is 19.8. The number of aliphatic hydroxyl groups excluding tert-OH is 1. The molecular weight excluding hydrogens is 430 g/mol. The first kappa shape index (κ1) is 25.0. The molecular formula is C32H37NO2. The SMILES string of the molecule is C=C(/C=C\C(=C/C)C1=CCN(C2CC2)CC1)/C(=C(/CCCO)c1ccccc1)c1cccc(O)c1. The Labute approximate surface area is 210 Å². The van der Waals surface area contributed by atoms with Gasteiger partial charge in [0.1, 0.15) is 5.75 Å². The van der Waals surface area contributed by atoms with Crippen molar-refractivity contribution in [1.29, 1.82) is 0 Å². The molecule has 0 unspecified atom stereocenters. The van der Waals surface area contributed by atoms with Crippen LogP contribution in [0.2, 0.25) is 0 Å². The molecule has 2 aliphatic rings. The van der Waals surface area contributed by atoms with Crippen LogP contribution >= 0.6 is 0 Å². The molecule has 3 nitrogen and oxygen atoms in total. The van der Waals surface area contributed by atoms with Crippen molar-refractivity contribution in [3.8, 4) is 5.75 Å². The van der Waals surface area contributed by atoms with Crippen molar-refractivity contribution in [1.82, 2.24) is 4.90 Å². The number of hydrogen-bond acceptors (Lipinski definition) is 3. The molecule has 2 N–H and O–H groups in total. The molecule has 1 fully saturated rings. The summed E-state index contributed by atoms with van der Waals surface area (Å²) in [6.45, 7) is 8.87. The zero-order valence-corrected chi connectivity index (χ0v) is 20.8. The summed E-state index contributed by atoms with van der Waals surface area (Å²) in [5.41, 5.74) is 7.70. The van der Waals surface area contributed by atoms with Crippen LogP contribution in [-0.4, -0.2) is 40.9 Å². The van der Waals surface area contributed by atoms with E-state index in [0.717, 1.165) is 59.8 Å². The van der Waals surface area contributed by atoms with Gasteiger partial charge >= 0.3 is 0 Å². The minimum Gasteiger partial charge on any atom is -0.508 e. The standard InChI is InChI=1S/C32H37NO2/c1-3-25(26-18-20-33(21-19-26)29-16-17-29)15-14-24(2)32(28-11-7-12-30(35)23-28)31(13-8-22-34)27-9-5-4-6-10-27/h3-7,9-12,14-15,18,23,29,34-35H,2,8,13,16-17,19-22H2,1H3/b15-14-,25-3+,32-31+. The van der Waals surface area contributed by atoms with Gasteiger partial charge in [0.05, 0.1) is 0 Å². The molecule has 0 aromatic heterocycles. The van der Waals surface area contributed by atoms with Crippen LogP contribution in [0.1, 0.15) is 50.2 Å². The molecule has 1 heterocycles. The fourth-order valence-electron chi connectivity index (χ4n) is 4.90. The number of nitrogens with zero attached hydrogens (tertiary/aromatic N) is 1. The van der Waals surface area contributed by atoms with Crippen LogP contribution in [-0.2, 0) is 0 Å². The summed E-state index contributed by atoms with van der Waals surface area (Å²) in [6, 6.07) is 18.5. The minimum atomic E-state index is 0.126. The Morgan fingerprint density at radius 2 is 1.83 bits per heavy atom. The Hall–Kier alpha value is -3.14. The van der Waals surface area contributed by atoms with E-state index in [9.17, 15) is 10.2 Å². The molecule has 35 heavy (non-hydrogen) atoms. The number of allylic oxidation sites excluding steroid dienone is 7. The van der Waals surface area contributed by atoms with Crippen molar-refractivity contribution >= 4 is 11.1 Å². The van der Waals surface area contributed by atoms with Crippen molar-refractivity contribution in [3.63, 3.8) is 0 Å². The zero-order valence-electron chi connectivity index (χ0n) is 20.8. The topological polar surface area (TPSA) is 43.7 Å². The average molecular weight is 468 g/mol. The molecule has 1 saturated carbocycles. The Bertz CT molecular complexity index is 1150. The number of phenols is 1. The van der Waals surface area contributed by atoms with Gasteiger partial charge in [0, 0.05) is 25.7 Å². The van der Waals surface area contributed by atoms with Gasteiger partial charge in [-0.05, 0) is 90.2 Å². The molecule has 0 amide bonds. The fraction of sp³-hybridized carbons (Fsp3) is 0.312. The van der Waals surface area contributed by atoms with Gasteiger partial charge in [-0.15, -0.1) is 0 Å². The van der Waals surface area contributed by atoms with E-state index >= 15 is 0 Å². The van der Waals surface area contributed by atoms with Crippen LogP contribution in [0, 0.1) is 0 Å². The van der Waals surface area contributed by atoms with E-state index in [1.54, 1.807) is 12.1 Å². The molecule has 1 aliphatic carbocycles. The Morgan fingerprint density at radius 1 is 1.06 bits per heavy atom. The van der Waals surface area contributed by atoms with Crippen LogP contribution in [0.3, 0.4) is 0 Å². The van der Waals surface area contributed by atoms with E-state index in [-0.39, 0.29) is 12.4 Å². The zero-order chi connectivity index (χ0) is 24.6. The van der Waals surface area contributed by atoms with Gasteiger partial charge in [0.15, 0.2) is 0 Å². The van der Waals surface area contributed by atoms with Crippen molar-refractivity contribution in [2.75, 3.05) is 19.7 Å². The minimum absolute atomic E-state index is 0.126. The fourth-order valence-corrected chi connectivity index (χ4v) is 4.90. The predicted octanol–water partition coefficient (Wildman–Crippen LogP) is 6.93. The van der Waals surface area contributed by atoms with Gasteiger partial charge in [-0.1, -0.05) is 73.3 Å². The highest BCUT2D eigenvalue weighted by atomic mass is 16.3. The number of aliphatic hydroxyl groups is 1. The monoisotopic (exact) mass is 467 g/mol. The van der Waals surface area contributed by atoms with Gasteiger partial charge in [-0.3, -0.25) is 4.90 Å². The number of benzene rings is 2. The molecule has 2 aromatic carbocycles. The van der Waals surface area contributed by atoms with Crippen LogP contribution in [0.5, 0.6) is 5.75 Å². The van der Waals surface area contributed by atoms with Crippen molar-refractivity contribution < 1.29 is 10.2 Å². The van der Waals surface area contributed by atoms with E-state index in [1.807, 2.05) is 30.3 Å². The molecule has 1 aliphatic heterocycles. The largest absolute Gasteiger partial charge is 0.508 e. The molecule has 0 spiro atoms. The highest BCUT2D eigenvalue weighted by Gasteiger charge is 2.29. The maximum atomic E-state index is 10.2. The first-order valence-electron chi connectivity index (χ1n) is 12.8. The maximum Gasteiger partial charge on any atom is 0.116 e. The summed E-state index contributed by atoms with van der Waals surface area (Å²) >= 11 is 0. The smallest absolute Gasteiger partial charge is 0.116 e. The summed E-state index contributed by atoms with van der Waals surface area (Å²) in [4.78, 5) is 2.59. The molecule has 3 heteroatoms. The number of phenolic OH excluding ortho intramolecular Hbond substituents is 1. The normalized spacial score (nSPS) is 17.9. The maximum absolute atomic E-state index is 10.2. The second-order valence-corrected chi connectivity index (χ2v) is 9.41. The summed E-state index contributed by atoms with van der Waals surface area (Å²) in [7, 11) is 0. The van der Waals surface area contributed by atoms with Gasteiger partial charge < -0.3 is 10.2 Å². The molecule has 182 valence electrons. The number of hydrogen-bond donors (Lipinski definition) is 2. The van der Waals surface area contributed by atoms with Crippen molar-refractivity contribution in [2.24, 2.45) is 0 Å². The molecule has 0 radical (unpaired) electrons. The van der Waals surface area contributed by atoms with Gasteiger partial charge in [-0.25, -0.2) is 0 Å². The average Bonchev–Trinajstić information content (AvgIpc) is 3.73. The Kier molecular flexibility index (Phi) is 8.57.